The van der Waals surface area contributed by atoms with E-state index < -0.39 is 0 Å². The van der Waals surface area contributed by atoms with E-state index in [2.05, 4.69) is 34.5 Å². The molecule has 0 spiro atoms. The van der Waals surface area contributed by atoms with Crippen LogP contribution in [-0.4, -0.2) is 30.5 Å². The Labute approximate surface area is 160 Å². The summed E-state index contributed by atoms with van der Waals surface area (Å²) in [4.78, 5) is 14.5. The van der Waals surface area contributed by atoms with Crippen LogP contribution in [0.4, 0.5) is 0 Å². The van der Waals surface area contributed by atoms with Gasteiger partial charge in [-0.15, -0.1) is 0 Å². The largest absolute Gasteiger partial charge is 0.482 e. The van der Waals surface area contributed by atoms with Crippen molar-refractivity contribution >= 4 is 17.5 Å². The molecule has 3 rings (SSSR count). The fraction of sp³-hybridized carbons (Fsp3) is 0.381. The SMILES string of the molecule is O=C(COc1ccccc1Cl)NCc1ccc(CN2CCCCC2)cc1. The van der Waals surface area contributed by atoms with E-state index in [9.17, 15) is 4.79 Å². The molecule has 0 atom stereocenters. The number of carbonyl (C=O) groups is 1. The van der Waals surface area contributed by atoms with Crippen molar-refractivity contribution in [3.8, 4) is 5.75 Å². The number of rotatable bonds is 7. The summed E-state index contributed by atoms with van der Waals surface area (Å²) in [5.41, 5.74) is 2.41. The topological polar surface area (TPSA) is 41.6 Å². The van der Waals surface area contributed by atoms with Gasteiger partial charge in [0, 0.05) is 13.1 Å². The highest BCUT2D eigenvalue weighted by atomic mass is 35.5. The molecule has 5 heteroatoms. The normalized spacial score (nSPS) is 14.8. The van der Waals surface area contributed by atoms with Crippen molar-refractivity contribution in [2.75, 3.05) is 19.7 Å². The molecule has 0 unspecified atom stereocenters. The number of carbonyl (C=O) groups excluding carboxylic acids is 1. The van der Waals surface area contributed by atoms with Crippen LogP contribution in [0.2, 0.25) is 5.02 Å². The van der Waals surface area contributed by atoms with Crippen molar-refractivity contribution in [3.05, 3.63) is 64.7 Å². The Morgan fingerprint density at radius 3 is 2.42 bits per heavy atom. The van der Waals surface area contributed by atoms with Gasteiger partial charge in [-0.3, -0.25) is 9.69 Å². The quantitative estimate of drug-likeness (QED) is 0.798. The summed E-state index contributed by atoms with van der Waals surface area (Å²) in [7, 11) is 0. The molecule has 138 valence electrons. The van der Waals surface area contributed by atoms with E-state index in [4.69, 9.17) is 16.3 Å². The number of likely N-dealkylation sites (tertiary alicyclic amines) is 1. The van der Waals surface area contributed by atoms with Gasteiger partial charge in [0.05, 0.1) is 5.02 Å². The van der Waals surface area contributed by atoms with Crippen molar-refractivity contribution in [2.24, 2.45) is 0 Å². The molecule has 0 saturated carbocycles. The number of benzene rings is 2. The van der Waals surface area contributed by atoms with Crippen LogP contribution in [0.15, 0.2) is 48.5 Å². The first-order chi connectivity index (χ1) is 12.7. The molecule has 1 aliphatic heterocycles. The number of para-hydroxylation sites is 1. The highest BCUT2D eigenvalue weighted by Gasteiger charge is 2.10. The molecule has 4 nitrogen and oxygen atoms in total. The van der Waals surface area contributed by atoms with E-state index in [1.807, 2.05) is 12.1 Å². The predicted octanol–water partition coefficient (Wildman–Crippen LogP) is 4.02. The molecular weight excluding hydrogens is 348 g/mol. The highest BCUT2D eigenvalue weighted by Crippen LogP contribution is 2.22. The van der Waals surface area contributed by atoms with Gasteiger partial charge < -0.3 is 10.1 Å². The zero-order chi connectivity index (χ0) is 18.2. The van der Waals surface area contributed by atoms with Gasteiger partial charge >= 0.3 is 0 Å². The maximum Gasteiger partial charge on any atom is 0.258 e. The summed E-state index contributed by atoms with van der Waals surface area (Å²) in [5.74, 6) is 0.355. The van der Waals surface area contributed by atoms with Crippen molar-refractivity contribution in [3.63, 3.8) is 0 Å². The summed E-state index contributed by atoms with van der Waals surface area (Å²) in [6, 6.07) is 15.6. The van der Waals surface area contributed by atoms with Gasteiger partial charge in [-0.2, -0.15) is 0 Å². The van der Waals surface area contributed by atoms with Gasteiger partial charge in [-0.1, -0.05) is 54.4 Å². The summed E-state index contributed by atoms with van der Waals surface area (Å²) >= 11 is 6.01. The Hall–Kier alpha value is -2.04. The molecule has 0 radical (unpaired) electrons. The van der Waals surface area contributed by atoms with Gasteiger partial charge in [-0.05, 0) is 49.2 Å². The lowest BCUT2D eigenvalue weighted by molar-refractivity contribution is -0.123. The van der Waals surface area contributed by atoms with Crippen LogP contribution in [0.5, 0.6) is 5.75 Å². The van der Waals surface area contributed by atoms with Crippen molar-refractivity contribution < 1.29 is 9.53 Å². The van der Waals surface area contributed by atoms with Crippen LogP contribution in [-0.2, 0) is 17.9 Å². The maximum absolute atomic E-state index is 11.9. The van der Waals surface area contributed by atoms with Crippen LogP contribution >= 0.6 is 11.6 Å². The van der Waals surface area contributed by atoms with Crippen molar-refractivity contribution in [1.82, 2.24) is 10.2 Å². The van der Waals surface area contributed by atoms with Gasteiger partial charge in [0.15, 0.2) is 6.61 Å². The number of nitrogens with zero attached hydrogens (tertiary/aromatic N) is 1. The molecule has 2 aromatic carbocycles. The number of piperidine rings is 1. The second-order valence-corrected chi connectivity index (χ2v) is 7.06. The lowest BCUT2D eigenvalue weighted by Crippen LogP contribution is -2.29. The molecule has 2 aromatic rings. The molecule has 1 N–H and O–H groups in total. The van der Waals surface area contributed by atoms with Crippen molar-refractivity contribution in [2.45, 2.75) is 32.4 Å². The second kappa shape index (κ2) is 9.60. The molecule has 0 aromatic heterocycles. The summed E-state index contributed by atoms with van der Waals surface area (Å²) in [5, 5.41) is 3.38. The van der Waals surface area contributed by atoms with Crippen LogP contribution in [0, 0.1) is 0 Å². The molecule has 1 fully saturated rings. The smallest absolute Gasteiger partial charge is 0.258 e. The Morgan fingerprint density at radius 1 is 1.00 bits per heavy atom. The highest BCUT2D eigenvalue weighted by molar-refractivity contribution is 6.32. The number of hydrogen-bond acceptors (Lipinski definition) is 3. The Bertz CT molecular complexity index is 712. The van der Waals surface area contributed by atoms with Gasteiger partial charge in [0.2, 0.25) is 0 Å². The van der Waals surface area contributed by atoms with Gasteiger partial charge in [0.1, 0.15) is 5.75 Å². The zero-order valence-electron chi connectivity index (χ0n) is 14.9. The molecule has 1 saturated heterocycles. The molecule has 0 aliphatic carbocycles. The first-order valence-corrected chi connectivity index (χ1v) is 9.53. The number of ether oxygens (including phenoxy) is 1. The third-order valence-electron chi connectivity index (χ3n) is 4.56. The van der Waals surface area contributed by atoms with Crippen LogP contribution in [0.3, 0.4) is 0 Å². The van der Waals surface area contributed by atoms with Crippen molar-refractivity contribution in [1.29, 1.82) is 0 Å². The fourth-order valence-corrected chi connectivity index (χ4v) is 3.29. The lowest BCUT2D eigenvalue weighted by Gasteiger charge is -2.26. The van der Waals surface area contributed by atoms with E-state index in [-0.39, 0.29) is 12.5 Å². The van der Waals surface area contributed by atoms with Gasteiger partial charge in [-0.25, -0.2) is 0 Å². The van der Waals surface area contributed by atoms with E-state index >= 15 is 0 Å². The minimum absolute atomic E-state index is 0.0449. The summed E-state index contributed by atoms with van der Waals surface area (Å²) in [6.07, 6.45) is 3.97. The maximum atomic E-state index is 11.9. The minimum Gasteiger partial charge on any atom is -0.482 e. The second-order valence-electron chi connectivity index (χ2n) is 6.65. The molecule has 26 heavy (non-hydrogen) atoms. The number of hydrogen-bond donors (Lipinski definition) is 1. The first-order valence-electron chi connectivity index (χ1n) is 9.15. The van der Waals surface area contributed by atoms with E-state index in [0.29, 0.717) is 17.3 Å². The third-order valence-corrected chi connectivity index (χ3v) is 4.88. The Kier molecular flexibility index (Phi) is 6.92. The Morgan fingerprint density at radius 2 is 1.69 bits per heavy atom. The fourth-order valence-electron chi connectivity index (χ4n) is 3.10. The number of nitrogens with one attached hydrogen (secondary N) is 1. The predicted molar refractivity (Wildman–Crippen MR) is 104 cm³/mol. The minimum atomic E-state index is -0.165. The third kappa shape index (κ3) is 5.75. The molecule has 0 bridgehead atoms. The molecule has 1 heterocycles. The monoisotopic (exact) mass is 372 g/mol. The van der Waals surface area contributed by atoms with E-state index in [1.165, 1.54) is 37.9 Å². The van der Waals surface area contributed by atoms with Crippen LogP contribution in [0.25, 0.3) is 0 Å². The molecule has 1 amide bonds. The summed E-state index contributed by atoms with van der Waals surface area (Å²) < 4.78 is 5.44. The van der Waals surface area contributed by atoms with E-state index in [1.54, 1.807) is 12.1 Å². The average Bonchev–Trinajstić information content (AvgIpc) is 2.68. The zero-order valence-corrected chi connectivity index (χ0v) is 15.7. The first kappa shape index (κ1) is 18.7. The molecule has 1 aliphatic rings. The van der Waals surface area contributed by atoms with Crippen LogP contribution < -0.4 is 10.1 Å². The number of halogens is 1. The standard InChI is InChI=1S/C21H25ClN2O2/c22-19-6-2-3-7-20(19)26-16-21(25)23-14-17-8-10-18(11-9-17)15-24-12-4-1-5-13-24/h2-3,6-11H,1,4-5,12-16H2,(H,23,25). The Balaban J connectivity index is 1.41. The van der Waals surface area contributed by atoms with E-state index in [0.717, 1.165) is 12.1 Å². The molecular formula is C21H25ClN2O2. The van der Waals surface area contributed by atoms with Gasteiger partial charge in [0.25, 0.3) is 5.91 Å². The lowest BCUT2D eigenvalue weighted by atomic mass is 10.1. The average molecular weight is 373 g/mol. The number of amides is 1. The summed E-state index contributed by atoms with van der Waals surface area (Å²) in [6.45, 7) is 3.86. The van der Waals surface area contributed by atoms with Crippen LogP contribution in [0.1, 0.15) is 30.4 Å².